The number of nitrogens with one attached hydrogen (secondary N) is 2. The lowest BCUT2D eigenvalue weighted by atomic mass is 10.0. The second-order valence-corrected chi connectivity index (χ2v) is 10.5. The average Bonchev–Trinajstić information content (AvgIpc) is 3.45. The van der Waals surface area contributed by atoms with Crippen LogP contribution in [0.5, 0.6) is 0 Å². The molecule has 0 saturated heterocycles. The summed E-state index contributed by atoms with van der Waals surface area (Å²) in [4.78, 5) is 27.1. The number of thiophene rings is 2. The Hall–Kier alpha value is -2.86. The Morgan fingerprint density at radius 1 is 1.32 bits per heavy atom. The zero-order valence-electron chi connectivity index (χ0n) is 18.8. The van der Waals surface area contributed by atoms with E-state index in [9.17, 15) is 22.8 Å². The van der Waals surface area contributed by atoms with E-state index in [4.69, 9.17) is 4.74 Å². The van der Waals surface area contributed by atoms with Crippen molar-refractivity contribution in [2.75, 3.05) is 10.6 Å². The molecule has 0 bridgehead atoms. The Morgan fingerprint density at radius 2 is 2.06 bits per heavy atom. The number of carbonyl (C=O) groups excluding carboxylic acids is 2. The average molecular weight is 513 g/mol. The summed E-state index contributed by atoms with van der Waals surface area (Å²) in [6, 6.07) is 2.43. The van der Waals surface area contributed by atoms with Gasteiger partial charge in [0.15, 0.2) is 11.7 Å². The van der Waals surface area contributed by atoms with Crippen LogP contribution in [-0.2, 0) is 4.74 Å². The van der Waals surface area contributed by atoms with Crippen LogP contribution < -0.4 is 10.6 Å². The number of halogens is 3. The molecule has 0 spiro atoms. The Balaban J connectivity index is 1.64. The molecule has 182 valence electrons. The third-order valence-corrected chi connectivity index (χ3v) is 7.58. The molecule has 4 heterocycles. The highest BCUT2D eigenvalue weighted by Crippen LogP contribution is 2.44. The van der Waals surface area contributed by atoms with Crippen molar-refractivity contribution in [3.8, 4) is 0 Å². The van der Waals surface area contributed by atoms with E-state index >= 15 is 0 Å². The van der Waals surface area contributed by atoms with E-state index in [1.54, 1.807) is 45.2 Å². The van der Waals surface area contributed by atoms with Crippen molar-refractivity contribution in [3.05, 3.63) is 50.2 Å². The van der Waals surface area contributed by atoms with Gasteiger partial charge in [0, 0.05) is 22.2 Å². The summed E-state index contributed by atoms with van der Waals surface area (Å²) in [5.74, 6) is -1.18. The number of nitrogens with zero attached hydrogens (tertiary/aromatic N) is 2. The number of aryl methyl sites for hydroxylation is 1. The van der Waals surface area contributed by atoms with Crippen molar-refractivity contribution in [3.63, 3.8) is 0 Å². The van der Waals surface area contributed by atoms with E-state index in [1.807, 2.05) is 0 Å². The Bertz CT molecular complexity index is 1220. The van der Waals surface area contributed by atoms with Crippen LogP contribution in [0.2, 0.25) is 0 Å². The number of anilines is 2. The zero-order chi connectivity index (χ0) is 24.8. The van der Waals surface area contributed by atoms with Gasteiger partial charge in [0.05, 0.1) is 17.7 Å². The fourth-order valence-electron chi connectivity index (χ4n) is 3.76. The van der Waals surface area contributed by atoms with Crippen LogP contribution in [0.4, 0.5) is 24.0 Å². The number of hydrogen-bond donors (Lipinski definition) is 2. The fraction of sp³-hybridized carbons (Fsp3) is 0.409. The number of esters is 1. The van der Waals surface area contributed by atoms with Crippen molar-refractivity contribution in [2.24, 2.45) is 0 Å². The minimum Gasteiger partial charge on any atom is -0.459 e. The van der Waals surface area contributed by atoms with Crippen molar-refractivity contribution in [1.29, 1.82) is 0 Å². The van der Waals surface area contributed by atoms with Crippen molar-refractivity contribution in [1.82, 2.24) is 9.78 Å². The summed E-state index contributed by atoms with van der Waals surface area (Å²) in [6.45, 7) is 6.98. The third kappa shape index (κ3) is 4.69. The maximum absolute atomic E-state index is 13.8. The lowest BCUT2D eigenvalue weighted by molar-refractivity contribution is -0.173. The quantitative estimate of drug-likeness (QED) is 0.404. The summed E-state index contributed by atoms with van der Waals surface area (Å²) in [5.41, 5.74) is 0.723. The van der Waals surface area contributed by atoms with E-state index in [0.717, 1.165) is 14.4 Å². The highest BCUT2D eigenvalue weighted by molar-refractivity contribution is 7.16. The number of amides is 1. The standard InChI is InChI=1S/C22H23F3N4O3S2/c1-10(2)32-21(31)18-11(3)12(4)34-20(18)27-19(30)14-9-17-26-13(15-6-5-7-33-15)8-16(22(23,24)25)29(17)28-14/h5-7,9-10,13,16,26H,8H2,1-4H3,(H,27,30)/t13-,16-/m0/s1. The lowest BCUT2D eigenvalue weighted by Crippen LogP contribution is -2.35. The van der Waals surface area contributed by atoms with Gasteiger partial charge in [0.1, 0.15) is 10.8 Å². The van der Waals surface area contributed by atoms with Crippen molar-refractivity contribution in [2.45, 2.75) is 58.5 Å². The molecule has 0 aromatic carbocycles. The molecule has 1 aliphatic heterocycles. The van der Waals surface area contributed by atoms with Crippen molar-refractivity contribution < 1.29 is 27.5 Å². The normalized spacial score (nSPS) is 17.9. The highest BCUT2D eigenvalue weighted by atomic mass is 32.1. The molecule has 0 aliphatic carbocycles. The first-order valence-corrected chi connectivity index (χ1v) is 12.2. The molecule has 3 aromatic heterocycles. The molecule has 2 atom stereocenters. The molecule has 2 N–H and O–H groups in total. The monoisotopic (exact) mass is 512 g/mol. The van der Waals surface area contributed by atoms with Gasteiger partial charge in [0.2, 0.25) is 0 Å². The first-order chi connectivity index (χ1) is 16.0. The van der Waals surface area contributed by atoms with Gasteiger partial charge in [-0.05, 0) is 44.7 Å². The minimum atomic E-state index is -4.54. The Labute approximate surface area is 201 Å². The molecule has 0 unspecified atom stereocenters. The first-order valence-electron chi connectivity index (χ1n) is 10.5. The first kappa shape index (κ1) is 24.3. The Kier molecular flexibility index (Phi) is 6.47. The largest absolute Gasteiger partial charge is 0.459 e. The molecule has 3 aromatic rings. The molecule has 7 nitrogen and oxygen atoms in total. The van der Waals surface area contributed by atoms with Gasteiger partial charge in [-0.15, -0.1) is 22.7 Å². The van der Waals surface area contributed by atoms with Crippen LogP contribution in [0.25, 0.3) is 0 Å². The summed E-state index contributed by atoms with van der Waals surface area (Å²) in [5, 5.41) is 11.8. The second-order valence-electron chi connectivity index (χ2n) is 8.26. The van der Waals surface area contributed by atoms with Crippen molar-refractivity contribution >= 4 is 45.4 Å². The maximum atomic E-state index is 13.8. The lowest BCUT2D eigenvalue weighted by Gasteiger charge is -2.32. The summed E-state index contributed by atoms with van der Waals surface area (Å²) in [7, 11) is 0. The fourth-order valence-corrected chi connectivity index (χ4v) is 5.60. The molecule has 34 heavy (non-hydrogen) atoms. The molecule has 0 fully saturated rings. The number of carbonyl (C=O) groups is 2. The number of alkyl halides is 3. The van der Waals surface area contributed by atoms with Gasteiger partial charge in [-0.25, -0.2) is 9.48 Å². The van der Waals surface area contributed by atoms with E-state index in [1.165, 1.54) is 28.7 Å². The molecule has 0 saturated carbocycles. The van der Waals surface area contributed by atoms with Gasteiger partial charge in [-0.2, -0.15) is 18.3 Å². The number of hydrogen-bond acceptors (Lipinski definition) is 7. The number of aromatic nitrogens is 2. The predicted molar refractivity (Wildman–Crippen MR) is 125 cm³/mol. The molecule has 4 rings (SSSR count). The van der Waals surface area contributed by atoms with Crippen LogP contribution in [0.15, 0.2) is 23.6 Å². The molecule has 0 radical (unpaired) electrons. The van der Waals surface area contributed by atoms with Crippen LogP contribution in [0.3, 0.4) is 0 Å². The van der Waals surface area contributed by atoms with Gasteiger partial charge < -0.3 is 15.4 Å². The molecule has 1 amide bonds. The van der Waals surface area contributed by atoms with Gasteiger partial charge >= 0.3 is 12.1 Å². The van der Waals surface area contributed by atoms with Crippen LogP contribution in [-0.4, -0.2) is 33.9 Å². The topological polar surface area (TPSA) is 85.3 Å². The van der Waals surface area contributed by atoms with E-state index in [-0.39, 0.29) is 34.6 Å². The predicted octanol–water partition coefficient (Wildman–Crippen LogP) is 6.10. The summed E-state index contributed by atoms with van der Waals surface area (Å²) < 4.78 is 47.7. The SMILES string of the molecule is Cc1sc(NC(=O)c2cc3n(n2)[C@H](C(F)(F)F)C[C@@H](c2cccs2)N3)c(C(=O)OC(C)C)c1C. The number of ether oxygens (including phenoxy) is 1. The van der Waals surface area contributed by atoms with Gasteiger partial charge in [-0.1, -0.05) is 6.07 Å². The van der Waals surface area contributed by atoms with E-state index < -0.39 is 30.1 Å². The van der Waals surface area contributed by atoms with Gasteiger partial charge in [-0.3, -0.25) is 4.79 Å². The minimum absolute atomic E-state index is 0.107. The second kappa shape index (κ2) is 9.06. The third-order valence-electron chi connectivity index (χ3n) is 5.47. The van der Waals surface area contributed by atoms with E-state index in [0.29, 0.717) is 5.56 Å². The van der Waals surface area contributed by atoms with E-state index in [2.05, 4.69) is 15.7 Å². The van der Waals surface area contributed by atoms with Crippen LogP contribution in [0.1, 0.15) is 68.5 Å². The highest BCUT2D eigenvalue weighted by Gasteiger charge is 2.47. The maximum Gasteiger partial charge on any atom is 0.410 e. The number of fused-ring (bicyclic) bond motifs is 1. The van der Waals surface area contributed by atoms with Gasteiger partial charge in [0.25, 0.3) is 5.91 Å². The summed E-state index contributed by atoms with van der Waals surface area (Å²) in [6.07, 6.45) is -5.13. The Morgan fingerprint density at radius 3 is 2.68 bits per heavy atom. The molecule has 12 heteroatoms. The van der Waals surface area contributed by atoms with Crippen LogP contribution >= 0.6 is 22.7 Å². The zero-order valence-corrected chi connectivity index (χ0v) is 20.5. The molecular weight excluding hydrogens is 489 g/mol. The molecule has 1 aliphatic rings. The number of rotatable bonds is 5. The smallest absolute Gasteiger partial charge is 0.410 e. The van der Waals surface area contributed by atoms with Crippen LogP contribution in [0, 0.1) is 13.8 Å². The molecular formula is C22H23F3N4O3S2. The summed E-state index contributed by atoms with van der Waals surface area (Å²) >= 11 is 2.56.